The molecule has 7 nitrogen and oxygen atoms in total. The van der Waals surface area contributed by atoms with Crippen molar-refractivity contribution in [1.82, 2.24) is 0 Å². The maximum Gasteiger partial charge on any atom is 0.283 e. The van der Waals surface area contributed by atoms with Crippen molar-refractivity contribution in [2.75, 3.05) is 22.8 Å². The Morgan fingerprint density at radius 1 is 0.973 bits per heavy atom. The number of aryl methyl sites for hydroxylation is 4. The average Bonchev–Trinajstić information content (AvgIpc) is 3.44. The zero-order valence-corrected chi connectivity index (χ0v) is 21.9. The van der Waals surface area contributed by atoms with Crippen LogP contribution >= 0.6 is 11.8 Å². The van der Waals surface area contributed by atoms with E-state index >= 15 is 0 Å². The van der Waals surface area contributed by atoms with Crippen molar-refractivity contribution in [2.24, 2.45) is 4.99 Å². The van der Waals surface area contributed by atoms with E-state index in [0.717, 1.165) is 33.5 Å². The Bertz CT molecular complexity index is 1440. The molecule has 188 valence electrons. The SMILES string of the molecule is Cc1ccc(N2C(=O)C(=Cc3ccc4c(c3)OCO4)N=C2SCC(=O)Nc2c(C)cc(C)cc2C)cc1. The number of rotatable bonds is 5. The predicted octanol–water partition coefficient (Wildman–Crippen LogP) is 5.76. The van der Waals surface area contributed by atoms with Crippen molar-refractivity contribution in [3.05, 3.63) is 88.1 Å². The molecule has 2 amide bonds. The van der Waals surface area contributed by atoms with Gasteiger partial charge in [-0.1, -0.05) is 53.2 Å². The predicted molar refractivity (Wildman–Crippen MR) is 148 cm³/mol. The van der Waals surface area contributed by atoms with Gasteiger partial charge in [-0.25, -0.2) is 4.99 Å². The summed E-state index contributed by atoms with van der Waals surface area (Å²) in [6, 6.07) is 17.2. The lowest BCUT2D eigenvalue weighted by Crippen LogP contribution is -2.31. The van der Waals surface area contributed by atoms with Gasteiger partial charge in [-0.15, -0.1) is 0 Å². The summed E-state index contributed by atoms with van der Waals surface area (Å²) in [6.45, 7) is 8.16. The maximum absolute atomic E-state index is 13.5. The highest BCUT2D eigenvalue weighted by molar-refractivity contribution is 8.14. The minimum Gasteiger partial charge on any atom is -0.454 e. The van der Waals surface area contributed by atoms with Gasteiger partial charge in [0, 0.05) is 5.69 Å². The van der Waals surface area contributed by atoms with Gasteiger partial charge in [-0.3, -0.25) is 14.5 Å². The van der Waals surface area contributed by atoms with E-state index in [9.17, 15) is 9.59 Å². The van der Waals surface area contributed by atoms with Gasteiger partial charge in [0.2, 0.25) is 12.7 Å². The van der Waals surface area contributed by atoms with Gasteiger partial charge in [0.05, 0.1) is 11.4 Å². The first-order valence-corrected chi connectivity index (χ1v) is 12.9. The van der Waals surface area contributed by atoms with Gasteiger partial charge >= 0.3 is 0 Å². The molecule has 2 heterocycles. The van der Waals surface area contributed by atoms with E-state index in [2.05, 4.69) is 10.3 Å². The van der Waals surface area contributed by atoms with Gasteiger partial charge in [-0.2, -0.15) is 0 Å². The van der Waals surface area contributed by atoms with Crippen LogP contribution in [0.3, 0.4) is 0 Å². The Labute approximate surface area is 220 Å². The van der Waals surface area contributed by atoms with Crippen LogP contribution in [0.4, 0.5) is 11.4 Å². The number of nitrogens with one attached hydrogen (secondary N) is 1. The zero-order chi connectivity index (χ0) is 26.1. The van der Waals surface area contributed by atoms with E-state index in [-0.39, 0.29) is 30.1 Å². The lowest BCUT2D eigenvalue weighted by molar-refractivity contribution is -0.114. The fraction of sp³-hybridized carbons (Fsp3) is 0.207. The number of carbonyl (C=O) groups excluding carboxylic acids is 2. The third-order valence-corrected chi connectivity index (χ3v) is 7.03. The summed E-state index contributed by atoms with van der Waals surface area (Å²) >= 11 is 1.23. The third kappa shape index (κ3) is 5.24. The summed E-state index contributed by atoms with van der Waals surface area (Å²) in [5.41, 5.74) is 6.83. The number of thioether (sulfide) groups is 1. The molecule has 2 aliphatic rings. The van der Waals surface area contributed by atoms with Crippen LogP contribution in [0, 0.1) is 27.7 Å². The molecule has 0 saturated carbocycles. The first kappa shape index (κ1) is 24.6. The fourth-order valence-corrected chi connectivity index (χ4v) is 5.17. The van der Waals surface area contributed by atoms with Gasteiger partial charge in [0.15, 0.2) is 16.7 Å². The minimum atomic E-state index is -0.255. The number of hydrogen-bond acceptors (Lipinski definition) is 6. The van der Waals surface area contributed by atoms with E-state index in [1.807, 2.05) is 82.3 Å². The van der Waals surface area contributed by atoms with Crippen molar-refractivity contribution >= 4 is 46.2 Å². The molecule has 37 heavy (non-hydrogen) atoms. The molecule has 3 aromatic rings. The molecule has 1 N–H and O–H groups in total. The lowest BCUT2D eigenvalue weighted by atomic mass is 10.1. The zero-order valence-electron chi connectivity index (χ0n) is 21.1. The Balaban J connectivity index is 1.39. The van der Waals surface area contributed by atoms with Crippen LogP contribution < -0.4 is 19.7 Å². The molecule has 0 aliphatic carbocycles. The normalized spacial score (nSPS) is 15.4. The second kappa shape index (κ2) is 10.1. The molecule has 0 spiro atoms. The lowest BCUT2D eigenvalue weighted by Gasteiger charge is -2.18. The molecule has 0 radical (unpaired) electrons. The van der Waals surface area contributed by atoms with Gasteiger partial charge in [0.25, 0.3) is 5.91 Å². The Hall–Kier alpha value is -4.04. The third-order valence-electron chi connectivity index (χ3n) is 6.10. The topological polar surface area (TPSA) is 80.2 Å². The van der Waals surface area contributed by atoms with E-state index in [1.165, 1.54) is 11.8 Å². The molecule has 0 saturated heterocycles. The van der Waals surface area contributed by atoms with Crippen LogP contribution in [0.25, 0.3) is 6.08 Å². The summed E-state index contributed by atoms with van der Waals surface area (Å²) in [5, 5.41) is 3.47. The van der Waals surface area contributed by atoms with E-state index in [0.29, 0.717) is 22.4 Å². The molecule has 0 fully saturated rings. The van der Waals surface area contributed by atoms with Crippen molar-refractivity contribution in [1.29, 1.82) is 0 Å². The molecule has 0 aromatic heterocycles. The molecular weight excluding hydrogens is 486 g/mol. The highest BCUT2D eigenvalue weighted by Gasteiger charge is 2.32. The van der Waals surface area contributed by atoms with E-state index in [4.69, 9.17) is 9.47 Å². The number of amides is 2. The second-order valence-electron chi connectivity index (χ2n) is 9.12. The fourth-order valence-electron chi connectivity index (χ4n) is 4.36. The summed E-state index contributed by atoms with van der Waals surface area (Å²) < 4.78 is 10.8. The van der Waals surface area contributed by atoms with Crippen molar-refractivity contribution < 1.29 is 19.1 Å². The van der Waals surface area contributed by atoms with Crippen LogP contribution in [-0.4, -0.2) is 29.5 Å². The number of aliphatic imine (C=N–C) groups is 1. The summed E-state index contributed by atoms with van der Waals surface area (Å²) in [5.74, 6) is 0.999. The molecular formula is C29H27N3O4S. The van der Waals surface area contributed by atoms with Crippen LogP contribution in [0.1, 0.15) is 27.8 Å². The number of ether oxygens (including phenoxy) is 2. The van der Waals surface area contributed by atoms with Crippen LogP contribution in [0.15, 0.2) is 65.3 Å². The molecule has 0 atom stereocenters. The van der Waals surface area contributed by atoms with Crippen molar-refractivity contribution in [3.8, 4) is 11.5 Å². The smallest absolute Gasteiger partial charge is 0.283 e. The van der Waals surface area contributed by atoms with Gasteiger partial charge in [-0.05, 0) is 74.7 Å². The Morgan fingerprint density at radius 2 is 1.68 bits per heavy atom. The quantitative estimate of drug-likeness (QED) is 0.439. The molecule has 0 bridgehead atoms. The van der Waals surface area contributed by atoms with Crippen molar-refractivity contribution in [3.63, 3.8) is 0 Å². The first-order valence-electron chi connectivity index (χ1n) is 11.9. The molecule has 2 aliphatic heterocycles. The summed E-state index contributed by atoms with van der Waals surface area (Å²) in [7, 11) is 0. The molecule has 0 unspecified atom stereocenters. The Kier molecular flexibility index (Phi) is 6.76. The number of carbonyl (C=O) groups is 2. The molecule has 3 aromatic carbocycles. The summed E-state index contributed by atoms with van der Waals surface area (Å²) in [4.78, 5) is 32.5. The van der Waals surface area contributed by atoms with Crippen LogP contribution in [0.2, 0.25) is 0 Å². The second-order valence-corrected chi connectivity index (χ2v) is 10.1. The van der Waals surface area contributed by atoms with E-state index in [1.54, 1.807) is 11.0 Å². The average molecular weight is 514 g/mol. The first-order chi connectivity index (χ1) is 17.8. The number of amidine groups is 1. The Morgan fingerprint density at radius 3 is 2.41 bits per heavy atom. The maximum atomic E-state index is 13.5. The molecule has 8 heteroatoms. The number of nitrogens with zero attached hydrogens (tertiary/aromatic N) is 2. The highest BCUT2D eigenvalue weighted by Crippen LogP contribution is 2.35. The molecule has 5 rings (SSSR count). The number of hydrogen-bond donors (Lipinski definition) is 1. The number of fused-ring (bicyclic) bond motifs is 1. The van der Waals surface area contributed by atoms with Gasteiger partial charge in [0.1, 0.15) is 5.70 Å². The van der Waals surface area contributed by atoms with Crippen LogP contribution in [-0.2, 0) is 9.59 Å². The minimum absolute atomic E-state index is 0.110. The number of anilines is 2. The number of benzene rings is 3. The highest BCUT2D eigenvalue weighted by atomic mass is 32.2. The standard InChI is InChI=1S/C29H27N3O4S/c1-17-5-8-22(9-6-17)32-28(34)23(13-21-7-10-24-25(14-21)36-16-35-24)30-29(32)37-15-26(33)31-27-19(3)11-18(2)12-20(27)4/h5-14H,15-16H2,1-4H3,(H,31,33). The summed E-state index contributed by atoms with van der Waals surface area (Å²) in [6.07, 6.45) is 1.72. The monoisotopic (exact) mass is 513 g/mol. The van der Waals surface area contributed by atoms with Crippen molar-refractivity contribution in [2.45, 2.75) is 27.7 Å². The van der Waals surface area contributed by atoms with E-state index < -0.39 is 0 Å². The van der Waals surface area contributed by atoms with Gasteiger partial charge < -0.3 is 14.8 Å². The van der Waals surface area contributed by atoms with Crippen LogP contribution in [0.5, 0.6) is 11.5 Å². The largest absolute Gasteiger partial charge is 0.454 e.